The second-order valence-corrected chi connectivity index (χ2v) is 7.74. The van der Waals surface area contributed by atoms with E-state index in [1.807, 2.05) is 39.0 Å². The Balaban J connectivity index is 0.000000878. The van der Waals surface area contributed by atoms with E-state index < -0.39 is 0 Å². The number of hydrogen-bond acceptors (Lipinski definition) is 3. The van der Waals surface area contributed by atoms with Gasteiger partial charge in [-0.05, 0) is 44.4 Å². The fourth-order valence-corrected chi connectivity index (χ4v) is 3.10. The van der Waals surface area contributed by atoms with Crippen LogP contribution in [0.5, 0.6) is 5.75 Å². The molecule has 0 amide bonds. The number of aryl methyl sites for hydroxylation is 1. The van der Waals surface area contributed by atoms with Gasteiger partial charge >= 0.3 is 0 Å². The van der Waals surface area contributed by atoms with Gasteiger partial charge in [0.25, 0.3) is 5.56 Å². The van der Waals surface area contributed by atoms with Crippen molar-refractivity contribution in [3.05, 3.63) is 46.0 Å². The number of nitrogens with one attached hydrogen (secondary N) is 1. The lowest BCUT2D eigenvalue weighted by Gasteiger charge is -2.13. The highest BCUT2D eigenvalue weighted by Crippen LogP contribution is 2.33. The van der Waals surface area contributed by atoms with Crippen molar-refractivity contribution < 1.29 is 4.74 Å². The van der Waals surface area contributed by atoms with E-state index in [0.717, 1.165) is 22.3 Å². The van der Waals surface area contributed by atoms with Crippen molar-refractivity contribution in [2.24, 2.45) is 0 Å². The zero-order valence-corrected chi connectivity index (χ0v) is 18.4. The van der Waals surface area contributed by atoms with Gasteiger partial charge in [0, 0.05) is 24.0 Å². The molecule has 5 nitrogen and oxygen atoms in total. The smallest absolute Gasteiger partial charge is 0.257 e. The van der Waals surface area contributed by atoms with Gasteiger partial charge in [0.05, 0.1) is 23.7 Å². The van der Waals surface area contributed by atoms with Gasteiger partial charge in [0.15, 0.2) is 0 Å². The molecule has 0 aromatic carbocycles. The Kier molecular flexibility index (Phi) is 7.05. The first-order valence-electron chi connectivity index (χ1n) is 10.0. The third-order valence-corrected chi connectivity index (χ3v) is 4.54. The lowest BCUT2D eigenvalue weighted by molar-refractivity contribution is 0.415. The van der Waals surface area contributed by atoms with Crippen LogP contribution in [0.1, 0.15) is 71.2 Å². The van der Waals surface area contributed by atoms with Crippen molar-refractivity contribution in [1.82, 2.24) is 14.5 Å². The van der Waals surface area contributed by atoms with Crippen molar-refractivity contribution in [3.63, 3.8) is 0 Å². The molecular weight excluding hydrogens is 350 g/mol. The summed E-state index contributed by atoms with van der Waals surface area (Å²) in [6, 6.07) is 6.07. The van der Waals surface area contributed by atoms with E-state index in [0.29, 0.717) is 23.0 Å². The molecule has 3 aromatic rings. The summed E-state index contributed by atoms with van der Waals surface area (Å²) in [5.41, 5.74) is 4.88. The van der Waals surface area contributed by atoms with E-state index in [2.05, 4.69) is 43.4 Å². The van der Waals surface area contributed by atoms with Gasteiger partial charge in [0.1, 0.15) is 11.4 Å². The predicted octanol–water partition coefficient (Wildman–Crippen LogP) is 5.83. The Labute approximate surface area is 167 Å². The largest absolute Gasteiger partial charge is 0.494 e. The van der Waals surface area contributed by atoms with E-state index in [4.69, 9.17) is 9.72 Å². The number of ether oxygens (including phenoxy) is 1. The second kappa shape index (κ2) is 9.09. The molecule has 0 fully saturated rings. The van der Waals surface area contributed by atoms with E-state index in [1.165, 1.54) is 6.42 Å². The second-order valence-electron chi connectivity index (χ2n) is 7.74. The van der Waals surface area contributed by atoms with E-state index in [9.17, 15) is 4.79 Å². The maximum atomic E-state index is 12.6. The third kappa shape index (κ3) is 4.29. The maximum absolute atomic E-state index is 12.6. The molecular formula is C23H33N3O2. The molecule has 0 unspecified atom stereocenters. The first-order chi connectivity index (χ1) is 13.2. The molecule has 0 atom stereocenters. The highest BCUT2D eigenvalue weighted by Gasteiger charge is 2.18. The minimum absolute atomic E-state index is 0.141. The molecule has 0 bridgehead atoms. The number of rotatable bonds is 4. The Morgan fingerprint density at radius 2 is 1.82 bits per heavy atom. The molecule has 0 saturated carbocycles. The van der Waals surface area contributed by atoms with Crippen LogP contribution in [0.25, 0.3) is 22.3 Å². The van der Waals surface area contributed by atoms with E-state index >= 15 is 0 Å². The molecule has 0 spiro atoms. The first-order valence-corrected chi connectivity index (χ1v) is 10.0. The highest BCUT2D eigenvalue weighted by molar-refractivity contribution is 5.85. The molecule has 0 saturated heterocycles. The van der Waals surface area contributed by atoms with Gasteiger partial charge in [-0.25, -0.2) is 4.98 Å². The van der Waals surface area contributed by atoms with Crippen LogP contribution >= 0.6 is 0 Å². The Morgan fingerprint density at radius 3 is 2.32 bits per heavy atom. The lowest BCUT2D eigenvalue weighted by Crippen LogP contribution is -2.13. The summed E-state index contributed by atoms with van der Waals surface area (Å²) in [6.07, 6.45) is 3.34. The predicted molar refractivity (Wildman–Crippen MR) is 118 cm³/mol. The number of methoxy groups -OCH3 is 1. The van der Waals surface area contributed by atoms with E-state index in [-0.39, 0.29) is 11.5 Å². The molecule has 5 heteroatoms. The Morgan fingerprint density at radius 1 is 1.18 bits per heavy atom. The van der Waals surface area contributed by atoms with Gasteiger partial charge in [-0.2, -0.15) is 0 Å². The van der Waals surface area contributed by atoms with Crippen molar-refractivity contribution in [2.75, 3.05) is 7.11 Å². The molecule has 3 rings (SSSR count). The van der Waals surface area contributed by atoms with Crippen LogP contribution < -0.4 is 10.3 Å². The monoisotopic (exact) mass is 383 g/mol. The van der Waals surface area contributed by atoms with Crippen molar-refractivity contribution in [1.29, 1.82) is 0 Å². The zero-order valence-electron chi connectivity index (χ0n) is 18.4. The summed E-state index contributed by atoms with van der Waals surface area (Å²) >= 11 is 0. The molecule has 1 N–H and O–H groups in total. The molecule has 152 valence electrons. The third-order valence-electron chi connectivity index (χ3n) is 4.54. The topological polar surface area (TPSA) is 59.9 Å². The summed E-state index contributed by atoms with van der Waals surface area (Å²) < 4.78 is 7.73. The van der Waals surface area contributed by atoms with Gasteiger partial charge in [-0.15, -0.1) is 0 Å². The quantitative estimate of drug-likeness (QED) is 0.616. The van der Waals surface area contributed by atoms with Gasteiger partial charge in [0.2, 0.25) is 0 Å². The first kappa shape index (κ1) is 21.7. The Hall–Kier alpha value is -2.56. The standard InChI is InChI=1S/C20H25N3O2.C3H8/c1-11(2)15-8-7-14(20(24)21-15)19-17(25-6)9-16-18(22-19)13(5)10-23(16)12(3)4;1-3-2/h7-12H,1-6H3,(H,21,24);3H2,1-2H3. The van der Waals surface area contributed by atoms with Gasteiger partial charge < -0.3 is 14.3 Å². The molecule has 28 heavy (non-hydrogen) atoms. The normalized spacial score (nSPS) is 11.1. The molecule has 3 heterocycles. The number of pyridine rings is 2. The van der Waals surface area contributed by atoms with Gasteiger partial charge in [-0.3, -0.25) is 4.79 Å². The number of nitrogens with zero attached hydrogens (tertiary/aromatic N) is 2. The van der Waals surface area contributed by atoms with Crippen LogP contribution in [0, 0.1) is 6.92 Å². The summed E-state index contributed by atoms with van der Waals surface area (Å²) in [5.74, 6) is 0.872. The number of aromatic nitrogens is 3. The molecule has 3 aromatic heterocycles. The number of fused-ring (bicyclic) bond motifs is 1. The lowest BCUT2D eigenvalue weighted by atomic mass is 10.1. The fraction of sp³-hybridized carbons (Fsp3) is 0.478. The fourth-order valence-electron chi connectivity index (χ4n) is 3.10. The SMILES string of the molecule is CCC.COc1cc2c(nc1-c1ccc(C(C)C)[nH]c1=O)c(C)cn2C(C)C. The van der Waals surface area contributed by atoms with Crippen LogP contribution in [0.2, 0.25) is 0 Å². The average Bonchev–Trinajstić information content (AvgIpc) is 2.97. The van der Waals surface area contributed by atoms with Crippen LogP contribution in [0.4, 0.5) is 0 Å². The minimum atomic E-state index is -0.141. The average molecular weight is 384 g/mol. The Bertz CT molecular complexity index is 997. The van der Waals surface area contributed by atoms with Crippen molar-refractivity contribution in [3.8, 4) is 17.0 Å². The van der Waals surface area contributed by atoms with Gasteiger partial charge in [-0.1, -0.05) is 34.1 Å². The molecule has 0 aliphatic heterocycles. The maximum Gasteiger partial charge on any atom is 0.257 e. The van der Waals surface area contributed by atoms with Crippen LogP contribution in [0.3, 0.4) is 0 Å². The number of H-pyrrole nitrogens is 1. The minimum Gasteiger partial charge on any atom is -0.494 e. The summed E-state index contributed by atoms with van der Waals surface area (Å²) in [7, 11) is 1.61. The summed E-state index contributed by atoms with van der Waals surface area (Å²) in [6.45, 7) is 14.7. The summed E-state index contributed by atoms with van der Waals surface area (Å²) in [5, 5.41) is 0. The van der Waals surface area contributed by atoms with Crippen LogP contribution in [-0.4, -0.2) is 21.6 Å². The molecule has 0 radical (unpaired) electrons. The zero-order chi connectivity index (χ0) is 21.0. The molecule has 0 aliphatic carbocycles. The van der Waals surface area contributed by atoms with Crippen LogP contribution in [0.15, 0.2) is 29.2 Å². The van der Waals surface area contributed by atoms with Crippen molar-refractivity contribution >= 4 is 11.0 Å². The van der Waals surface area contributed by atoms with E-state index in [1.54, 1.807) is 7.11 Å². The number of hydrogen-bond donors (Lipinski definition) is 1. The van der Waals surface area contributed by atoms with Crippen LogP contribution in [-0.2, 0) is 0 Å². The molecule has 0 aliphatic rings. The van der Waals surface area contributed by atoms with Crippen molar-refractivity contribution in [2.45, 2.75) is 66.8 Å². The number of aromatic amines is 1. The summed E-state index contributed by atoms with van der Waals surface area (Å²) in [4.78, 5) is 20.3. The highest BCUT2D eigenvalue weighted by atomic mass is 16.5.